The average molecular weight is 374 g/mol. The molecular formula is C19H35O5P. The third-order valence-corrected chi connectivity index (χ3v) is 3.95. The maximum Gasteiger partial charge on any atom is 0.466 e. The van der Waals surface area contributed by atoms with E-state index in [9.17, 15) is 5.11 Å². The number of hydrogen-bond acceptors (Lipinski definition) is 2. The smallest absolute Gasteiger partial charge is 0.466 e. The minimum Gasteiger partial charge on any atom is -0.508 e. The van der Waals surface area contributed by atoms with Crippen LogP contribution < -0.4 is 0 Å². The molecule has 0 bridgehead atoms. The fourth-order valence-corrected chi connectivity index (χ4v) is 3.24. The van der Waals surface area contributed by atoms with Gasteiger partial charge < -0.3 is 19.8 Å². The first-order chi connectivity index (χ1) is 11.0. The predicted octanol–water partition coefficient (Wildman–Crippen LogP) is 5.13. The van der Waals surface area contributed by atoms with E-state index in [1.807, 2.05) is 6.07 Å². The molecule has 0 saturated heterocycles. The zero-order valence-corrected chi connectivity index (χ0v) is 17.8. The topological polar surface area (TPSA) is 98.0 Å². The molecule has 146 valence electrons. The van der Waals surface area contributed by atoms with Crippen LogP contribution in [0.15, 0.2) is 6.07 Å². The van der Waals surface area contributed by atoms with Gasteiger partial charge in [-0.15, -0.1) is 0 Å². The van der Waals surface area contributed by atoms with Gasteiger partial charge in [0.05, 0.1) is 0 Å². The normalized spacial score (nSPS) is 12.6. The molecule has 0 fully saturated rings. The van der Waals surface area contributed by atoms with Crippen LogP contribution in [0.5, 0.6) is 5.75 Å². The molecule has 1 aromatic carbocycles. The molecule has 0 heterocycles. The third-order valence-electron chi connectivity index (χ3n) is 3.95. The number of phenolic OH excluding ortho intramolecular Hbond substituents is 1. The lowest BCUT2D eigenvalue weighted by molar-refractivity contribution is 0.275. The molecule has 5 nitrogen and oxygen atoms in total. The van der Waals surface area contributed by atoms with Crippen LogP contribution >= 0.6 is 7.82 Å². The first kappa shape index (κ1) is 24.1. The van der Waals surface area contributed by atoms with Gasteiger partial charge in [-0.2, -0.15) is 0 Å². The van der Waals surface area contributed by atoms with Crippen LogP contribution in [0.25, 0.3) is 0 Å². The summed E-state index contributed by atoms with van der Waals surface area (Å²) >= 11 is 0. The summed E-state index contributed by atoms with van der Waals surface area (Å²) in [4.78, 5) is 21.6. The summed E-state index contributed by atoms with van der Waals surface area (Å²) in [6.45, 7) is 20.0. The lowest BCUT2D eigenvalue weighted by Gasteiger charge is -2.32. The first-order valence-corrected chi connectivity index (χ1v) is 10.2. The van der Waals surface area contributed by atoms with Crippen LogP contribution in [0.3, 0.4) is 0 Å². The Kier molecular flexibility index (Phi) is 8.38. The molecule has 0 saturated carbocycles. The van der Waals surface area contributed by atoms with Crippen molar-refractivity contribution in [3.05, 3.63) is 28.3 Å². The van der Waals surface area contributed by atoms with E-state index >= 15 is 0 Å². The number of rotatable bonds is 3. The van der Waals surface area contributed by atoms with Gasteiger partial charge in [-0.3, -0.25) is 0 Å². The highest BCUT2D eigenvalue weighted by Gasteiger charge is 2.29. The van der Waals surface area contributed by atoms with Gasteiger partial charge in [-0.05, 0) is 45.9 Å². The molecule has 1 aromatic rings. The molecule has 0 spiro atoms. The van der Waals surface area contributed by atoms with Crippen LogP contribution in [0.1, 0.15) is 102 Å². The average Bonchev–Trinajstić information content (AvgIpc) is 2.32. The zero-order chi connectivity index (χ0) is 20.3. The van der Waals surface area contributed by atoms with E-state index in [0.717, 1.165) is 5.56 Å². The summed E-state index contributed by atoms with van der Waals surface area (Å²) in [5.41, 5.74) is 5.19. The van der Waals surface area contributed by atoms with Gasteiger partial charge in [0.2, 0.25) is 0 Å². The quantitative estimate of drug-likeness (QED) is 0.550. The number of aromatic hydroxyl groups is 1. The van der Waals surface area contributed by atoms with Crippen LogP contribution in [0.4, 0.5) is 0 Å². The number of benzene rings is 1. The molecule has 1 rings (SSSR count). The molecule has 0 radical (unpaired) electrons. The van der Waals surface area contributed by atoms with Gasteiger partial charge in [-0.1, -0.05) is 62.3 Å². The Morgan fingerprint density at radius 2 is 1.20 bits per heavy atom. The van der Waals surface area contributed by atoms with Gasteiger partial charge in [0, 0.05) is 5.56 Å². The van der Waals surface area contributed by atoms with E-state index in [2.05, 4.69) is 62.3 Å². The number of hydrogen-bond donors (Lipinski definition) is 4. The van der Waals surface area contributed by atoms with Crippen LogP contribution in [-0.4, -0.2) is 19.8 Å². The lowest BCUT2D eigenvalue weighted by Crippen LogP contribution is -2.19. The monoisotopic (exact) mass is 374 g/mol. The largest absolute Gasteiger partial charge is 0.508 e. The van der Waals surface area contributed by atoms with Gasteiger partial charge in [-0.25, -0.2) is 4.57 Å². The Morgan fingerprint density at radius 1 is 0.840 bits per heavy atom. The number of phenols is 1. The summed E-state index contributed by atoms with van der Waals surface area (Å²) in [6, 6.07) is 2.01. The van der Waals surface area contributed by atoms with Crippen molar-refractivity contribution in [2.24, 2.45) is 0 Å². The molecule has 0 aromatic heterocycles. The molecule has 25 heavy (non-hydrogen) atoms. The van der Waals surface area contributed by atoms with Crippen molar-refractivity contribution in [2.45, 2.75) is 85.5 Å². The Hall–Kier alpha value is -0.870. The van der Waals surface area contributed by atoms with Crippen molar-refractivity contribution >= 4 is 7.82 Å². The molecule has 6 heteroatoms. The summed E-state index contributed by atoms with van der Waals surface area (Å²) in [5.74, 6) is 1.80. The maximum absolute atomic E-state index is 10.6. The van der Waals surface area contributed by atoms with E-state index < -0.39 is 7.82 Å². The van der Waals surface area contributed by atoms with E-state index in [1.54, 1.807) is 0 Å². The van der Waals surface area contributed by atoms with Crippen LogP contribution in [0.2, 0.25) is 0 Å². The van der Waals surface area contributed by atoms with Crippen LogP contribution in [-0.2, 0) is 9.98 Å². The summed E-state index contributed by atoms with van der Waals surface area (Å²) in [7, 11) is -4.64. The van der Waals surface area contributed by atoms with Gasteiger partial charge in [0.15, 0.2) is 0 Å². The van der Waals surface area contributed by atoms with Crippen molar-refractivity contribution in [2.75, 3.05) is 0 Å². The van der Waals surface area contributed by atoms with Crippen molar-refractivity contribution in [3.63, 3.8) is 0 Å². The second-order valence-electron chi connectivity index (χ2n) is 8.41. The Balaban J connectivity index is 0.00000101. The Morgan fingerprint density at radius 3 is 1.44 bits per heavy atom. The molecule has 0 aliphatic heterocycles. The lowest BCUT2D eigenvalue weighted by atomic mass is 9.73. The van der Waals surface area contributed by atoms with Gasteiger partial charge in [0.1, 0.15) is 5.75 Å². The SMILES string of the molecule is CC(C)c1cc(O)c(C(C)(C)C)c(C(C)C)c1C(C)C.O=P(O)(O)O. The highest BCUT2D eigenvalue weighted by atomic mass is 31.2. The van der Waals surface area contributed by atoms with Crippen molar-refractivity contribution in [3.8, 4) is 5.75 Å². The van der Waals surface area contributed by atoms with Crippen molar-refractivity contribution in [1.82, 2.24) is 0 Å². The highest BCUT2D eigenvalue weighted by Crippen LogP contribution is 2.44. The maximum atomic E-state index is 10.6. The molecular weight excluding hydrogens is 339 g/mol. The Labute approximate surface area is 152 Å². The molecule has 0 atom stereocenters. The van der Waals surface area contributed by atoms with E-state index in [1.165, 1.54) is 16.7 Å². The molecule has 0 amide bonds. The molecule has 0 aliphatic carbocycles. The molecule has 0 unspecified atom stereocenters. The summed E-state index contributed by atoms with van der Waals surface area (Å²) in [6.07, 6.45) is 0. The van der Waals surface area contributed by atoms with Crippen LogP contribution in [0, 0.1) is 0 Å². The minimum atomic E-state index is -4.64. The van der Waals surface area contributed by atoms with E-state index in [-0.39, 0.29) is 5.41 Å². The molecule has 4 N–H and O–H groups in total. The third kappa shape index (κ3) is 7.49. The fraction of sp³-hybridized carbons (Fsp3) is 0.684. The minimum absolute atomic E-state index is 0.0389. The van der Waals surface area contributed by atoms with Gasteiger partial charge in [0.25, 0.3) is 0 Å². The van der Waals surface area contributed by atoms with Crippen molar-refractivity contribution < 1.29 is 24.4 Å². The van der Waals surface area contributed by atoms with E-state index in [0.29, 0.717) is 23.5 Å². The Bertz CT molecular complexity index is 613. The first-order valence-electron chi connectivity index (χ1n) is 8.66. The van der Waals surface area contributed by atoms with E-state index in [4.69, 9.17) is 19.2 Å². The van der Waals surface area contributed by atoms with Crippen molar-refractivity contribution in [1.29, 1.82) is 0 Å². The highest BCUT2D eigenvalue weighted by molar-refractivity contribution is 7.45. The molecule has 0 aliphatic rings. The second kappa shape index (κ2) is 8.68. The summed E-state index contributed by atoms with van der Waals surface area (Å²) < 4.78 is 8.88. The predicted molar refractivity (Wildman–Crippen MR) is 103 cm³/mol. The fourth-order valence-electron chi connectivity index (χ4n) is 3.24. The second-order valence-corrected chi connectivity index (χ2v) is 9.44. The number of phosphoric acid groups is 1. The summed E-state index contributed by atoms with van der Waals surface area (Å²) in [5, 5.41) is 10.6. The van der Waals surface area contributed by atoms with Gasteiger partial charge >= 0.3 is 7.82 Å². The standard InChI is InChI=1S/C19H32O.H3O4P/c1-11(2)14-10-15(20)18(19(7,8)9)17(13(5)6)16(14)12(3)4;1-5(2,3)4/h10-13,20H,1-9H3;(H3,1,2,3,4). The zero-order valence-electron chi connectivity index (χ0n) is 17.0.